The van der Waals surface area contributed by atoms with Gasteiger partial charge in [0.2, 0.25) is 0 Å². The molecule has 0 aliphatic carbocycles. The van der Waals surface area contributed by atoms with Crippen LogP contribution < -0.4 is 4.74 Å². The van der Waals surface area contributed by atoms with E-state index in [1.165, 1.54) is 11.8 Å². The fourth-order valence-electron chi connectivity index (χ4n) is 3.16. The second-order valence-electron chi connectivity index (χ2n) is 6.70. The summed E-state index contributed by atoms with van der Waals surface area (Å²) in [5.41, 5.74) is 3.48. The van der Waals surface area contributed by atoms with Crippen LogP contribution in [0.5, 0.6) is 5.75 Å². The number of benzene rings is 2. The summed E-state index contributed by atoms with van der Waals surface area (Å²) in [7, 11) is 0. The molecule has 1 N–H and O–H groups in total. The van der Waals surface area contributed by atoms with Crippen LogP contribution in [0.4, 0.5) is 5.69 Å². The maximum atomic E-state index is 13.1. The number of nitrogens with one attached hydrogen (secondary N) is 1. The second-order valence-corrected chi connectivity index (χ2v) is 7.71. The first-order valence-electron chi connectivity index (χ1n) is 9.92. The number of thioether (sulfide) groups is 1. The van der Waals surface area contributed by atoms with E-state index in [2.05, 4.69) is 21.8 Å². The smallest absolute Gasteiger partial charge is 0.267 e. The first-order valence-corrected chi connectivity index (χ1v) is 10.7. The number of ether oxygens (including phenoxy) is 1. The zero-order valence-corrected chi connectivity index (χ0v) is 17.9. The molecule has 0 spiro atoms. The van der Waals surface area contributed by atoms with Gasteiger partial charge in [-0.25, -0.2) is 4.99 Å². The number of hydrogen-bond acceptors (Lipinski definition) is 5. The lowest BCUT2D eigenvalue weighted by atomic mass is 10.1. The van der Waals surface area contributed by atoms with Crippen molar-refractivity contribution < 1.29 is 9.53 Å². The third kappa shape index (κ3) is 4.62. The van der Waals surface area contributed by atoms with Crippen molar-refractivity contribution in [3.63, 3.8) is 0 Å². The maximum Gasteiger partial charge on any atom is 0.267 e. The number of amidine groups is 1. The van der Waals surface area contributed by atoms with E-state index in [1.807, 2.05) is 67.6 Å². The van der Waals surface area contributed by atoms with Gasteiger partial charge in [-0.15, -0.1) is 6.58 Å². The minimum Gasteiger partial charge on any atom is -0.494 e. The number of H-pyrrole nitrogens is 1. The third-order valence-corrected chi connectivity index (χ3v) is 5.60. The highest BCUT2D eigenvalue weighted by Crippen LogP contribution is 2.35. The van der Waals surface area contributed by atoms with E-state index in [4.69, 9.17) is 4.74 Å². The van der Waals surface area contributed by atoms with Crippen LogP contribution >= 0.6 is 11.8 Å². The Bertz CT molecular complexity index is 1130. The predicted octanol–water partition coefficient (Wildman–Crippen LogP) is 5.27. The van der Waals surface area contributed by atoms with Gasteiger partial charge in [-0.05, 0) is 49.0 Å². The summed E-state index contributed by atoms with van der Waals surface area (Å²) in [6, 6.07) is 17.4. The van der Waals surface area contributed by atoms with Crippen molar-refractivity contribution in [2.24, 2.45) is 4.99 Å². The molecular formula is C24H22N4O2S. The average molecular weight is 431 g/mol. The van der Waals surface area contributed by atoms with Crippen LogP contribution in [-0.4, -0.2) is 39.3 Å². The molecule has 0 bridgehead atoms. The van der Waals surface area contributed by atoms with E-state index >= 15 is 0 Å². The van der Waals surface area contributed by atoms with Gasteiger partial charge >= 0.3 is 0 Å². The Morgan fingerprint density at radius 2 is 1.97 bits per heavy atom. The highest BCUT2D eigenvalue weighted by molar-refractivity contribution is 8.18. The van der Waals surface area contributed by atoms with Gasteiger partial charge in [0, 0.05) is 17.7 Å². The molecule has 7 heteroatoms. The summed E-state index contributed by atoms with van der Waals surface area (Å²) >= 11 is 1.35. The van der Waals surface area contributed by atoms with Gasteiger partial charge in [0.15, 0.2) is 5.17 Å². The molecule has 1 aliphatic heterocycles. The molecule has 0 unspecified atom stereocenters. The molecule has 1 aromatic heterocycles. The fourth-order valence-corrected chi connectivity index (χ4v) is 4.16. The molecule has 1 saturated heterocycles. The SMILES string of the molecule is C=CCN1C(=O)C(=Cc2cn[nH]c2-c2ccccc2)SC1=Nc1ccc(OCC)cc1. The Kier molecular flexibility index (Phi) is 6.33. The molecule has 1 fully saturated rings. The number of aromatic amines is 1. The number of rotatable bonds is 7. The summed E-state index contributed by atoms with van der Waals surface area (Å²) in [6.45, 7) is 6.72. The highest BCUT2D eigenvalue weighted by Gasteiger charge is 2.33. The topological polar surface area (TPSA) is 70.6 Å². The Morgan fingerprint density at radius 1 is 1.19 bits per heavy atom. The number of nitrogens with zero attached hydrogens (tertiary/aromatic N) is 3. The molecule has 156 valence electrons. The molecule has 2 aromatic carbocycles. The lowest BCUT2D eigenvalue weighted by Gasteiger charge is -2.12. The summed E-state index contributed by atoms with van der Waals surface area (Å²) in [5, 5.41) is 7.81. The lowest BCUT2D eigenvalue weighted by Crippen LogP contribution is -2.29. The van der Waals surface area contributed by atoms with Gasteiger partial charge in [0.1, 0.15) is 5.75 Å². The zero-order chi connectivity index (χ0) is 21.6. The fraction of sp³-hybridized carbons (Fsp3) is 0.125. The second kappa shape index (κ2) is 9.49. The number of amides is 1. The van der Waals surface area contributed by atoms with Crippen LogP contribution in [0.3, 0.4) is 0 Å². The largest absolute Gasteiger partial charge is 0.494 e. The van der Waals surface area contributed by atoms with E-state index < -0.39 is 0 Å². The predicted molar refractivity (Wildman–Crippen MR) is 126 cm³/mol. The van der Waals surface area contributed by atoms with E-state index in [0.29, 0.717) is 23.2 Å². The molecule has 0 atom stereocenters. The van der Waals surface area contributed by atoms with Crippen molar-refractivity contribution >= 4 is 34.6 Å². The first-order chi connectivity index (χ1) is 15.2. The van der Waals surface area contributed by atoms with Crippen molar-refractivity contribution in [3.05, 3.63) is 83.9 Å². The Hall–Kier alpha value is -3.58. The molecule has 0 saturated carbocycles. The van der Waals surface area contributed by atoms with Crippen LogP contribution in [0.2, 0.25) is 0 Å². The van der Waals surface area contributed by atoms with Crippen molar-refractivity contribution in [3.8, 4) is 17.0 Å². The summed E-state index contributed by atoms with van der Waals surface area (Å²) < 4.78 is 5.48. The van der Waals surface area contributed by atoms with Crippen LogP contribution in [0, 0.1) is 0 Å². The minimum absolute atomic E-state index is 0.102. The van der Waals surface area contributed by atoms with E-state index in [-0.39, 0.29) is 5.91 Å². The standard InChI is InChI=1S/C24H22N4O2S/c1-3-14-28-23(29)21(15-18-16-25-27-22(18)17-8-6-5-7-9-17)31-24(28)26-19-10-12-20(13-11-19)30-4-2/h3,5-13,15-16H,1,4,14H2,2H3,(H,25,27). The molecular weight excluding hydrogens is 408 g/mol. The van der Waals surface area contributed by atoms with Crippen molar-refractivity contribution in [1.82, 2.24) is 15.1 Å². The van der Waals surface area contributed by atoms with Crippen LogP contribution in [0.1, 0.15) is 12.5 Å². The van der Waals surface area contributed by atoms with Crippen molar-refractivity contribution in [2.45, 2.75) is 6.92 Å². The Balaban J connectivity index is 1.64. The van der Waals surface area contributed by atoms with Gasteiger partial charge in [0.05, 0.1) is 29.1 Å². The van der Waals surface area contributed by atoms with Gasteiger partial charge < -0.3 is 4.74 Å². The third-order valence-electron chi connectivity index (χ3n) is 4.59. The quantitative estimate of drug-likeness (QED) is 0.410. The molecule has 6 nitrogen and oxygen atoms in total. The number of carbonyl (C=O) groups is 1. The molecule has 31 heavy (non-hydrogen) atoms. The number of hydrogen-bond donors (Lipinski definition) is 1. The van der Waals surface area contributed by atoms with Crippen LogP contribution in [-0.2, 0) is 4.79 Å². The summed E-state index contributed by atoms with van der Waals surface area (Å²) in [6.07, 6.45) is 5.28. The van der Waals surface area contributed by atoms with Crippen LogP contribution in [0.15, 0.2) is 83.3 Å². The summed E-state index contributed by atoms with van der Waals surface area (Å²) in [4.78, 5) is 20.0. The Labute approximate surface area is 185 Å². The normalized spacial score (nSPS) is 16.3. The average Bonchev–Trinajstić information content (AvgIpc) is 3.37. The van der Waals surface area contributed by atoms with Crippen molar-refractivity contribution in [2.75, 3.05) is 13.2 Å². The molecule has 2 heterocycles. The minimum atomic E-state index is -0.102. The first kappa shape index (κ1) is 20.7. The molecule has 0 radical (unpaired) electrons. The molecule has 3 aromatic rings. The number of aromatic nitrogens is 2. The molecule has 4 rings (SSSR count). The highest BCUT2D eigenvalue weighted by atomic mass is 32.2. The van der Waals surface area contributed by atoms with Gasteiger partial charge in [-0.1, -0.05) is 36.4 Å². The van der Waals surface area contributed by atoms with Gasteiger partial charge in [-0.3, -0.25) is 14.8 Å². The lowest BCUT2D eigenvalue weighted by molar-refractivity contribution is -0.121. The monoisotopic (exact) mass is 430 g/mol. The maximum absolute atomic E-state index is 13.1. The van der Waals surface area contributed by atoms with Gasteiger partial charge in [0.25, 0.3) is 5.91 Å². The van der Waals surface area contributed by atoms with E-state index in [9.17, 15) is 4.79 Å². The molecule has 1 amide bonds. The number of aliphatic imine (C=N–C) groups is 1. The Morgan fingerprint density at radius 3 is 2.68 bits per heavy atom. The van der Waals surface area contributed by atoms with Gasteiger partial charge in [-0.2, -0.15) is 5.10 Å². The summed E-state index contributed by atoms with van der Waals surface area (Å²) in [5.74, 6) is 0.688. The number of carbonyl (C=O) groups excluding carboxylic acids is 1. The zero-order valence-electron chi connectivity index (χ0n) is 17.1. The van der Waals surface area contributed by atoms with E-state index in [1.54, 1.807) is 17.2 Å². The van der Waals surface area contributed by atoms with Crippen LogP contribution in [0.25, 0.3) is 17.3 Å². The van der Waals surface area contributed by atoms with Crippen molar-refractivity contribution in [1.29, 1.82) is 0 Å². The van der Waals surface area contributed by atoms with E-state index in [0.717, 1.165) is 28.3 Å². The molecule has 1 aliphatic rings.